The SMILES string of the molecule is CC(O)c1ccc(Sc2cccc(F)c2)nc1. The average Bonchev–Trinajstić information content (AvgIpc) is 2.29. The minimum atomic E-state index is -0.518. The van der Waals surface area contributed by atoms with Gasteiger partial charge in [0.15, 0.2) is 0 Å². The highest BCUT2D eigenvalue weighted by atomic mass is 32.2. The number of hydrogen-bond donors (Lipinski definition) is 1. The number of aliphatic hydroxyl groups is 1. The Morgan fingerprint density at radius 1 is 1.29 bits per heavy atom. The zero-order valence-electron chi connectivity index (χ0n) is 9.30. The van der Waals surface area contributed by atoms with Crippen molar-refractivity contribution in [1.82, 2.24) is 4.98 Å². The minimum Gasteiger partial charge on any atom is -0.389 e. The van der Waals surface area contributed by atoms with Crippen molar-refractivity contribution in [2.24, 2.45) is 0 Å². The number of halogens is 1. The van der Waals surface area contributed by atoms with Crippen LogP contribution in [0.5, 0.6) is 0 Å². The molecule has 0 fully saturated rings. The molecule has 0 aliphatic rings. The van der Waals surface area contributed by atoms with Crippen LogP contribution < -0.4 is 0 Å². The molecule has 1 N–H and O–H groups in total. The van der Waals surface area contributed by atoms with Gasteiger partial charge in [0, 0.05) is 11.1 Å². The molecule has 2 aromatic rings. The van der Waals surface area contributed by atoms with Gasteiger partial charge < -0.3 is 5.11 Å². The Kier molecular flexibility index (Phi) is 3.76. The first kappa shape index (κ1) is 12.1. The van der Waals surface area contributed by atoms with E-state index in [1.807, 2.05) is 18.2 Å². The summed E-state index contributed by atoms with van der Waals surface area (Å²) in [5.41, 5.74) is 0.772. The molecule has 1 heterocycles. The summed E-state index contributed by atoms with van der Waals surface area (Å²) in [7, 11) is 0. The van der Waals surface area contributed by atoms with E-state index in [9.17, 15) is 9.50 Å². The number of nitrogens with zero attached hydrogens (tertiary/aromatic N) is 1. The fraction of sp³-hybridized carbons (Fsp3) is 0.154. The van der Waals surface area contributed by atoms with E-state index in [1.54, 1.807) is 19.2 Å². The summed E-state index contributed by atoms with van der Waals surface area (Å²) in [5, 5.41) is 10.1. The van der Waals surface area contributed by atoms with Crippen LogP contribution in [0.15, 0.2) is 52.5 Å². The lowest BCUT2D eigenvalue weighted by atomic mass is 10.2. The number of pyridine rings is 1. The minimum absolute atomic E-state index is 0.254. The summed E-state index contributed by atoms with van der Waals surface area (Å²) in [6, 6.07) is 10.0. The summed E-state index contributed by atoms with van der Waals surface area (Å²) in [4.78, 5) is 5.01. The third-order valence-electron chi connectivity index (χ3n) is 2.26. The first-order valence-corrected chi connectivity index (χ1v) is 6.04. The zero-order chi connectivity index (χ0) is 12.3. The highest BCUT2D eigenvalue weighted by molar-refractivity contribution is 7.99. The Balaban J connectivity index is 2.14. The van der Waals surface area contributed by atoms with Gasteiger partial charge in [-0.3, -0.25) is 0 Å². The lowest BCUT2D eigenvalue weighted by molar-refractivity contribution is 0.198. The summed E-state index contributed by atoms with van der Waals surface area (Å²) in [6.07, 6.45) is 1.11. The van der Waals surface area contributed by atoms with Gasteiger partial charge in [0.05, 0.1) is 6.10 Å². The topological polar surface area (TPSA) is 33.1 Å². The van der Waals surface area contributed by atoms with Crippen LogP contribution >= 0.6 is 11.8 Å². The molecule has 0 saturated heterocycles. The van der Waals surface area contributed by atoms with Crippen LogP contribution in [0, 0.1) is 5.82 Å². The molecule has 0 bridgehead atoms. The zero-order valence-corrected chi connectivity index (χ0v) is 10.1. The first-order chi connectivity index (χ1) is 8.15. The summed E-state index contributed by atoms with van der Waals surface area (Å²) >= 11 is 1.39. The average molecular weight is 249 g/mol. The van der Waals surface area contributed by atoms with E-state index in [1.165, 1.54) is 23.9 Å². The fourth-order valence-corrected chi connectivity index (χ4v) is 2.15. The van der Waals surface area contributed by atoms with Crippen molar-refractivity contribution in [3.63, 3.8) is 0 Å². The highest BCUT2D eigenvalue weighted by Gasteiger charge is 2.03. The van der Waals surface area contributed by atoms with Crippen LogP contribution in [0.3, 0.4) is 0 Å². The Hall–Kier alpha value is -1.39. The Morgan fingerprint density at radius 3 is 2.71 bits per heavy atom. The normalized spacial score (nSPS) is 12.4. The van der Waals surface area contributed by atoms with Gasteiger partial charge in [0.2, 0.25) is 0 Å². The number of aliphatic hydroxyl groups excluding tert-OH is 1. The second-order valence-electron chi connectivity index (χ2n) is 3.67. The number of aromatic nitrogens is 1. The standard InChI is InChI=1S/C13H12FNOS/c1-9(16)10-5-6-13(15-8-10)17-12-4-2-3-11(14)7-12/h2-9,16H,1H3. The van der Waals surface area contributed by atoms with E-state index in [0.29, 0.717) is 0 Å². The van der Waals surface area contributed by atoms with E-state index in [2.05, 4.69) is 4.98 Å². The largest absolute Gasteiger partial charge is 0.389 e. The third-order valence-corrected chi connectivity index (χ3v) is 3.20. The van der Waals surface area contributed by atoms with Gasteiger partial charge in [-0.05, 0) is 36.8 Å². The van der Waals surface area contributed by atoms with Gasteiger partial charge in [0.25, 0.3) is 0 Å². The van der Waals surface area contributed by atoms with Crippen molar-refractivity contribution in [2.75, 3.05) is 0 Å². The van der Waals surface area contributed by atoms with E-state index >= 15 is 0 Å². The van der Waals surface area contributed by atoms with Crippen LogP contribution in [-0.4, -0.2) is 10.1 Å². The molecule has 0 aliphatic carbocycles. The van der Waals surface area contributed by atoms with Gasteiger partial charge in [-0.25, -0.2) is 9.37 Å². The predicted molar refractivity (Wildman–Crippen MR) is 65.4 cm³/mol. The molecular formula is C13H12FNOS. The van der Waals surface area contributed by atoms with Crippen molar-refractivity contribution in [1.29, 1.82) is 0 Å². The number of rotatable bonds is 3. The molecule has 0 spiro atoms. The van der Waals surface area contributed by atoms with E-state index < -0.39 is 6.10 Å². The lowest BCUT2D eigenvalue weighted by Crippen LogP contribution is -1.92. The lowest BCUT2D eigenvalue weighted by Gasteiger charge is -2.05. The molecule has 88 valence electrons. The first-order valence-electron chi connectivity index (χ1n) is 5.22. The molecule has 2 rings (SSSR count). The summed E-state index contributed by atoms with van der Waals surface area (Å²) < 4.78 is 13.0. The molecule has 0 aliphatic heterocycles. The molecule has 1 atom stereocenters. The maximum absolute atomic E-state index is 13.0. The Bertz CT molecular complexity index is 499. The van der Waals surface area contributed by atoms with Gasteiger partial charge in [-0.15, -0.1) is 0 Å². The summed E-state index contributed by atoms with van der Waals surface area (Å²) in [6.45, 7) is 1.69. The monoisotopic (exact) mass is 249 g/mol. The van der Waals surface area contributed by atoms with Crippen molar-refractivity contribution in [3.05, 3.63) is 54.0 Å². The van der Waals surface area contributed by atoms with Gasteiger partial charge >= 0.3 is 0 Å². The Labute approximate surface area is 104 Å². The molecule has 1 aromatic heterocycles. The smallest absolute Gasteiger partial charge is 0.124 e. The molecule has 0 amide bonds. The predicted octanol–water partition coefficient (Wildman–Crippen LogP) is 3.43. The van der Waals surface area contributed by atoms with Gasteiger partial charge in [0.1, 0.15) is 10.8 Å². The molecule has 17 heavy (non-hydrogen) atoms. The van der Waals surface area contributed by atoms with Gasteiger partial charge in [-0.2, -0.15) is 0 Å². The van der Waals surface area contributed by atoms with Gasteiger partial charge in [-0.1, -0.05) is 23.9 Å². The Morgan fingerprint density at radius 2 is 2.12 bits per heavy atom. The van der Waals surface area contributed by atoms with E-state index in [-0.39, 0.29) is 5.82 Å². The van der Waals surface area contributed by atoms with Crippen molar-refractivity contribution >= 4 is 11.8 Å². The third kappa shape index (κ3) is 3.28. The summed E-state index contributed by atoms with van der Waals surface area (Å²) in [5.74, 6) is -0.254. The molecule has 0 saturated carbocycles. The molecule has 1 aromatic carbocycles. The molecule has 0 radical (unpaired) electrons. The quantitative estimate of drug-likeness (QED) is 0.904. The number of benzene rings is 1. The second-order valence-corrected chi connectivity index (χ2v) is 4.76. The molecule has 2 nitrogen and oxygen atoms in total. The van der Waals surface area contributed by atoms with Crippen molar-refractivity contribution in [2.45, 2.75) is 22.9 Å². The van der Waals surface area contributed by atoms with Crippen LogP contribution in [0.25, 0.3) is 0 Å². The van der Waals surface area contributed by atoms with E-state index in [4.69, 9.17) is 0 Å². The maximum atomic E-state index is 13.0. The molecule has 1 unspecified atom stereocenters. The second kappa shape index (κ2) is 5.29. The van der Waals surface area contributed by atoms with Crippen LogP contribution in [0.1, 0.15) is 18.6 Å². The van der Waals surface area contributed by atoms with Crippen LogP contribution in [-0.2, 0) is 0 Å². The van der Waals surface area contributed by atoms with Crippen LogP contribution in [0.4, 0.5) is 4.39 Å². The van der Waals surface area contributed by atoms with Crippen molar-refractivity contribution in [3.8, 4) is 0 Å². The molecule has 4 heteroatoms. The van der Waals surface area contributed by atoms with Crippen molar-refractivity contribution < 1.29 is 9.50 Å². The fourth-order valence-electron chi connectivity index (χ4n) is 1.35. The van der Waals surface area contributed by atoms with E-state index in [0.717, 1.165) is 15.5 Å². The van der Waals surface area contributed by atoms with Crippen LogP contribution in [0.2, 0.25) is 0 Å². The highest BCUT2D eigenvalue weighted by Crippen LogP contribution is 2.26. The molecular weight excluding hydrogens is 237 g/mol. The number of hydrogen-bond acceptors (Lipinski definition) is 3. The maximum Gasteiger partial charge on any atom is 0.124 e.